The molecule has 0 N–H and O–H groups in total. The fourth-order valence-electron chi connectivity index (χ4n) is 1.19. The molecule has 0 aromatic heterocycles. The molecular weight excluding hydrogens is 180 g/mol. The quantitative estimate of drug-likeness (QED) is 0.536. The predicted molar refractivity (Wildman–Crippen MR) is 53.6 cm³/mol. The van der Waals surface area contributed by atoms with Crippen LogP contribution >= 0.6 is 0 Å². The van der Waals surface area contributed by atoms with Crippen LogP contribution in [-0.4, -0.2) is 12.8 Å². The van der Waals surface area contributed by atoms with Gasteiger partial charge in [0.15, 0.2) is 0 Å². The second kappa shape index (κ2) is 4.65. The second-order valence-corrected chi connectivity index (χ2v) is 3.01. The summed E-state index contributed by atoms with van der Waals surface area (Å²) in [6, 6.07) is 5.70. The van der Waals surface area contributed by atoms with Gasteiger partial charge in [-0.15, -0.1) is 0 Å². The van der Waals surface area contributed by atoms with E-state index in [4.69, 9.17) is 9.47 Å². The molecule has 76 valence electrons. The summed E-state index contributed by atoms with van der Waals surface area (Å²) < 4.78 is 9.75. The average Bonchev–Trinajstić information content (AvgIpc) is 2.12. The standard InChI is InChI=1S/C11H14O3/c1-4-13-11(12)14-10-8(2)6-5-7-9(10)3/h5-7H,4H2,1-3H3. The highest BCUT2D eigenvalue weighted by Gasteiger charge is 2.09. The third kappa shape index (κ3) is 2.49. The first-order valence-corrected chi connectivity index (χ1v) is 4.56. The van der Waals surface area contributed by atoms with Crippen LogP contribution in [0.4, 0.5) is 4.79 Å². The molecule has 0 aliphatic carbocycles. The Kier molecular flexibility index (Phi) is 3.51. The van der Waals surface area contributed by atoms with Crippen molar-refractivity contribution in [3.63, 3.8) is 0 Å². The van der Waals surface area contributed by atoms with Crippen LogP contribution in [-0.2, 0) is 4.74 Å². The van der Waals surface area contributed by atoms with Gasteiger partial charge in [-0.1, -0.05) is 18.2 Å². The van der Waals surface area contributed by atoms with Crippen molar-refractivity contribution in [2.75, 3.05) is 6.61 Å². The molecule has 0 spiro atoms. The van der Waals surface area contributed by atoms with Crippen molar-refractivity contribution >= 4 is 6.16 Å². The molecule has 14 heavy (non-hydrogen) atoms. The maximum atomic E-state index is 11.1. The summed E-state index contributed by atoms with van der Waals surface area (Å²) >= 11 is 0. The van der Waals surface area contributed by atoms with Crippen LogP contribution in [0.25, 0.3) is 0 Å². The number of hydrogen-bond donors (Lipinski definition) is 0. The zero-order chi connectivity index (χ0) is 10.6. The van der Waals surface area contributed by atoms with Crippen molar-refractivity contribution in [3.05, 3.63) is 29.3 Å². The molecule has 0 bridgehead atoms. The molecule has 0 saturated carbocycles. The number of benzene rings is 1. The van der Waals surface area contributed by atoms with Crippen molar-refractivity contribution in [1.29, 1.82) is 0 Å². The number of carbonyl (C=O) groups is 1. The van der Waals surface area contributed by atoms with E-state index in [9.17, 15) is 4.79 Å². The molecule has 1 rings (SSSR count). The number of para-hydroxylation sites is 1. The lowest BCUT2D eigenvalue weighted by Gasteiger charge is -2.09. The van der Waals surface area contributed by atoms with E-state index in [0.717, 1.165) is 11.1 Å². The molecule has 0 amide bonds. The first kappa shape index (κ1) is 10.6. The van der Waals surface area contributed by atoms with Crippen molar-refractivity contribution in [2.24, 2.45) is 0 Å². The van der Waals surface area contributed by atoms with Gasteiger partial charge in [0.1, 0.15) is 5.75 Å². The van der Waals surface area contributed by atoms with Crippen molar-refractivity contribution < 1.29 is 14.3 Å². The molecule has 3 heteroatoms. The molecule has 1 aromatic carbocycles. The largest absolute Gasteiger partial charge is 0.513 e. The fraction of sp³-hybridized carbons (Fsp3) is 0.364. The van der Waals surface area contributed by atoms with Gasteiger partial charge in [-0.2, -0.15) is 0 Å². The van der Waals surface area contributed by atoms with Gasteiger partial charge in [-0.3, -0.25) is 0 Å². The van der Waals surface area contributed by atoms with E-state index in [-0.39, 0.29) is 0 Å². The summed E-state index contributed by atoms with van der Waals surface area (Å²) in [5.74, 6) is 0.589. The van der Waals surface area contributed by atoms with Crippen molar-refractivity contribution in [3.8, 4) is 5.75 Å². The van der Waals surface area contributed by atoms with Crippen LogP contribution in [0.3, 0.4) is 0 Å². The van der Waals surface area contributed by atoms with E-state index >= 15 is 0 Å². The molecule has 0 saturated heterocycles. The predicted octanol–water partition coefficient (Wildman–Crippen LogP) is 2.84. The van der Waals surface area contributed by atoms with E-state index < -0.39 is 6.16 Å². The Bertz CT molecular complexity index is 311. The summed E-state index contributed by atoms with van der Waals surface area (Å²) in [7, 11) is 0. The maximum Gasteiger partial charge on any atom is 0.513 e. The summed E-state index contributed by atoms with van der Waals surface area (Å²) in [6.07, 6.45) is -0.648. The van der Waals surface area contributed by atoms with Crippen LogP contribution in [0.15, 0.2) is 18.2 Å². The normalized spacial score (nSPS) is 9.64. The van der Waals surface area contributed by atoms with Gasteiger partial charge < -0.3 is 9.47 Å². The highest BCUT2D eigenvalue weighted by Crippen LogP contribution is 2.22. The van der Waals surface area contributed by atoms with E-state index in [1.165, 1.54) is 0 Å². The number of aryl methyl sites for hydroxylation is 2. The highest BCUT2D eigenvalue weighted by molar-refractivity contribution is 5.65. The molecule has 1 aromatic rings. The summed E-state index contributed by atoms with van der Waals surface area (Å²) in [5.41, 5.74) is 1.86. The van der Waals surface area contributed by atoms with Gasteiger partial charge >= 0.3 is 6.16 Å². The Balaban J connectivity index is 2.80. The van der Waals surface area contributed by atoms with Crippen LogP contribution in [0.5, 0.6) is 5.75 Å². The Morgan fingerprint density at radius 3 is 2.36 bits per heavy atom. The number of ether oxygens (including phenoxy) is 2. The zero-order valence-corrected chi connectivity index (χ0v) is 8.66. The first-order chi connectivity index (χ1) is 6.65. The molecule has 0 heterocycles. The Hall–Kier alpha value is -1.51. The van der Waals surface area contributed by atoms with Gasteiger partial charge in [0.2, 0.25) is 0 Å². The van der Waals surface area contributed by atoms with Crippen LogP contribution in [0, 0.1) is 13.8 Å². The Labute approximate surface area is 83.6 Å². The minimum absolute atomic E-state index is 0.323. The third-order valence-corrected chi connectivity index (χ3v) is 1.86. The van der Waals surface area contributed by atoms with Gasteiger partial charge in [0.25, 0.3) is 0 Å². The molecule has 0 atom stereocenters. The lowest BCUT2D eigenvalue weighted by atomic mass is 10.1. The smallest absolute Gasteiger partial charge is 0.434 e. The zero-order valence-electron chi connectivity index (χ0n) is 8.66. The Morgan fingerprint density at radius 2 is 1.86 bits per heavy atom. The van der Waals surface area contributed by atoms with Gasteiger partial charge in [0.05, 0.1) is 6.61 Å². The Morgan fingerprint density at radius 1 is 1.29 bits per heavy atom. The van der Waals surface area contributed by atoms with E-state index in [2.05, 4.69) is 0 Å². The molecule has 0 aliphatic heterocycles. The van der Waals surface area contributed by atoms with E-state index in [0.29, 0.717) is 12.4 Å². The van der Waals surface area contributed by atoms with Gasteiger partial charge in [0, 0.05) is 0 Å². The molecule has 0 aliphatic rings. The lowest BCUT2D eigenvalue weighted by molar-refractivity contribution is 0.104. The maximum absolute atomic E-state index is 11.1. The summed E-state index contributed by atoms with van der Waals surface area (Å²) in [6.45, 7) is 5.85. The number of rotatable bonds is 2. The van der Waals surface area contributed by atoms with Crippen molar-refractivity contribution in [1.82, 2.24) is 0 Å². The monoisotopic (exact) mass is 194 g/mol. The summed E-state index contributed by atoms with van der Waals surface area (Å²) in [5, 5.41) is 0. The first-order valence-electron chi connectivity index (χ1n) is 4.56. The van der Waals surface area contributed by atoms with Crippen LogP contribution in [0.1, 0.15) is 18.1 Å². The van der Waals surface area contributed by atoms with Crippen LogP contribution < -0.4 is 4.74 Å². The third-order valence-electron chi connectivity index (χ3n) is 1.86. The SMILES string of the molecule is CCOC(=O)Oc1c(C)cccc1C. The minimum atomic E-state index is -0.648. The highest BCUT2D eigenvalue weighted by atomic mass is 16.7. The lowest BCUT2D eigenvalue weighted by Crippen LogP contribution is -2.11. The topological polar surface area (TPSA) is 35.5 Å². The van der Waals surface area contributed by atoms with Crippen molar-refractivity contribution in [2.45, 2.75) is 20.8 Å². The molecule has 0 radical (unpaired) electrons. The van der Waals surface area contributed by atoms with E-state index in [1.807, 2.05) is 32.0 Å². The second-order valence-electron chi connectivity index (χ2n) is 3.01. The van der Waals surface area contributed by atoms with Gasteiger partial charge in [-0.05, 0) is 31.9 Å². The molecular formula is C11H14O3. The van der Waals surface area contributed by atoms with Gasteiger partial charge in [-0.25, -0.2) is 4.79 Å². The van der Waals surface area contributed by atoms with Crippen LogP contribution in [0.2, 0.25) is 0 Å². The number of hydrogen-bond acceptors (Lipinski definition) is 3. The summed E-state index contributed by atoms with van der Waals surface area (Å²) in [4.78, 5) is 11.1. The fourth-order valence-corrected chi connectivity index (χ4v) is 1.19. The van der Waals surface area contributed by atoms with E-state index in [1.54, 1.807) is 6.92 Å². The molecule has 0 unspecified atom stereocenters. The number of carbonyl (C=O) groups excluding carboxylic acids is 1. The molecule has 0 fully saturated rings. The average molecular weight is 194 g/mol. The molecule has 3 nitrogen and oxygen atoms in total. The minimum Gasteiger partial charge on any atom is -0.434 e.